The van der Waals surface area contributed by atoms with Crippen LogP contribution in [0, 0.1) is 0 Å². The van der Waals surface area contributed by atoms with E-state index in [1.165, 1.54) is 0 Å². The van der Waals surface area contributed by atoms with Crippen molar-refractivity contribution in [3.8, 4) is 0 Å². The first-order valence-electron chi connectivity index (χ1n) is 7.47. The van der Waals surface area contributed by atoms with Crippen LogP contribution in [-0.4, -0.2) is 46.7 Å². The van der Waals surface area contributed by atoms with Gasteiger partial charge in [0.25, 0.3) is 0 Å². The second-order valence-corrected chi connectivity index (χ2v) is 5.61. The number of carbonyl (C=O) groups excluding carboxylic acids is 1. The van der Waals surface area contributed by atoms with E-state index in [0.717, 1.165) is 5.56 Å². The molecule has 1 heterocycles. The quantitative estimate of drug-likeness (QED) is 0.299. The zero-order chi connectivity index (χ0) is 18.6. The molecule has 0 amide bonds. The summed E-state index contributed by atoms with van der Waals surface area (Å²) in [4.78, 5) is 31.9. The molecule has 0 bridgehead atoms. The van der Waals surface area contributed by atoms with Crippen LogP contribution in [0.3, 0.4) is 0 Å². The number of aliphatic imine (C=N–C) groups is 1. The highest BCUT2D eigenvalue weighted by molar-refractivity contribution is 6.02. The Morgan fingerprint density at radius 3 is 2.44 bits per heavy atom. The van der Waals surface area contributed by atoms with Crippen molar-refractivity contribution >= 4 is 29.1 Å². The van der Waals surface area contributed by atoms with Crippen molar-refractivity contribution in [2.75, 3.05) is 0 Å². The fourth-order valence-corrected chi connectivity index (χ4v) is 2.30. The van der Waals surface area contributed by atoms with Crippen LogP contribution in [-0.2, 0) is 14.4 Å². The lowest BCUT2D eigenvalue weighted by atomic mass is 9.97. The minimum atomic E-state index is -1.45. The zero-order valence-electron chi connectivity index (χ0n) is 13.3. The number of hydrogen-bond donors (Lipinski definition) is 5. The van der Waals surface area contributed by atoms with Crippen LogP contribution in [0.1, 0.15) is 18.4 Å². The Kier molecular flexibility index (Phi) is 5.67. The predicted octanol–water partition coefficient (Wildman–Crippen LogP) is -1.22. The molecule has 10 nitrogen and oxygen atoms in total. The van der Waals surface area contributed by atoms with Gasteiger partial charge in [0.1, 0.15) is 12.1 Å². The Bertz CT molecular complexity index is 711. The van der Waals surface area contributed by atoms with E-state index >= 15 is 0 Å². The molecule has 1 aliphatic rings. The van der Waals surface area contributed by atoms with Gasteiger partial charge in [-0.05, 0) is 17.7 Å². The maximum absolute atomic E-state index is 12.0. The summed E-state index contributed by atoms with van der Waals surface area (Å²) in [7, 11) is 0. The van der Waals surface area contributed by atoms with Gasteiger partial charge in [-0.2, -0.15) is 0 Å². The predicted molar refractivity (Wildman–Crippen MR) is 91.1 cm³/mol. The molecule has 2 rings (SSSR count). The third-order valence-electron chi connectivity index (χ3n) is 3.66. The second kappa shape index (κ2) is 7.73. The Hall–Kier alpha value is -2.98. The summed E-state index contributed by atoms with van der Waals surface area (Å²) in [6.45, 7) is 0. The van der Waals surface area contributed by atoms with Crippen LogP contribution in [0.2, 0.25) is 0 Å². The van der Waals surface area contributed by atoms with E-state index in [4.69, 9.17) is 32.9 Å². The fourth-order valence-electron chi connectivity index (χ4n) is 2.30. The summed E-state index contributed by atoms with van der Waals surface area (Å²) < 4.78 is 0. The molecule has 0 spiro atoms. The molecule has 0 saturated heterocycles. The van der Waals surface area contributed by atoms with E-state index in [-0.39, 0.29) is 12.4 Å². The maximum Gasteiger partial charge on any atom is 0.322 e. The van der Waals surface area contributed by atoms with E-state index < -0.39 is 29.9 Å². The van der Waals surface area contributed by atoms with Crippen LogP contribution in [0.15, 0.2) is 34.4 Å². The molecule has 1 aliphatic heterocycles. The summed E-state index contributed by atoms with van der Waals surface area (Å²) in [5.74, 6) is -1.85. The number of carboxylic acid groups (broad SMARTS) is 1. The molecule has 25 heavy (non-hydrogen) atoms. The summed E-state index contributed by atoms with van der Waals surface area (Å²) in [6.07, 6.45) is -0.184. The first-order valence-corrected chi connectivity index (χ1v) is 7.47. The molecule has 134 valence electrons. The first kappa shape index (κ1) is 18.4. The minimum absolute atomic E-state index is 0.0382. The molecule has 0 aliphatic carbocycles. The monoisotopic (exact) mass is 348 g/mol. The number of carbonyl (C=O) groups is 2. The van der Waals surface area contributed by atoms with Crippen molar-refractivity contribution in [3.63, 3.8) is 0 Å². The standard InChI is InChI=1S/C15H20N6O4/c16-12(13(17)14(23)24)11(22)6-9-5-10(21-25-9)7-1-3-8(4-2-7)20-15(18)19/h1-4,9,12-13H,5-6,16-17H2,(H,23,24)(H4,18,19,20)/t9?,12?,13-/m0/s1. The van der Waals surface area contributed by atoms with Crippen molar-refractivity contribution in [1.82, 2.24) is 0 Å². The normalized spacial score (nSPS) is 18.6. The third kappa shape index (κ3) is 4.75. The molecule has 0 fully saturated rings. The molecule has 3 atom stereocenters. The van der Waals surface area contributed by atoms with Gasteiger partial charge in [-0.1, -0.05) is 17.3 Å². The van der Waals surface area contributed by atoms with Crippen LogP contribution < -0.4 is 22.9 Å². The average molecular weight is 348 g/mol. The Morgan fingerprint density at radius 2 is 1.88 bits per heavy atom. The molecule has 1 aromatic rings. The van der Waals surface area contributed by atoms with Gasteiger partial charge in [0.15, 0.2) is 11.7 Å². The van der Waals surface area contributed by atoms with E-state index in [9.17, 15) is 9.59 Å². The van der Waals surface area contributed by atoms with Gasteiger partial charge in [-0.15, -0.1) is 0 Å². The van der Waals surface area contributed by atoms with Crippen molar-refractivity contribution < 1.29 is 19.5 Å². The molecular formula is C15H20N6O4. The molecule has 0 saturated carbocycles. The second-order valence-electron chi connectivity index (χ2n) is 5.61. The molecule has 10 heteroatoms. The van der Waals surface area contributed by atoms with E-state index in [1.54, 1.807) is 24.3 Å². The van der Waals surface area contributed by atoms with Crippen LogP contribution in [0.4, 0.5) is 5.69 Å². The van der Waals surface area contributed by atoms with Crippen LogP contribution in [0.25, 0.3) is 0 Å². The van der Waals surface area contributed by atoms with Gasteiger partial charge in [-0.25, -0.2) is 4.99 Å². The summed E-state index contributed by atoms with van der Waals surface area (Å²) in [5.41, 5.74) is 23.6. The zero-order valence-corrected chi connectivity index (χ0v) is 13.3. The lowest BCUT2D eigenvalue weighted by Crippen LogP contribution is -2.52. The lowest BCUT2D eigenvalue weighted by Gasteiger charge is -2.16. The van der Waals surface area contributed by atoms with Gasteiger partial charge in [0.05, 0.1) is 17.4 Å². The molecule has 0 aromatic heterocycles. The topological polar surface area (TPSA) is 192 Å². The Balaban J connectivity index is 1.93. The van der Waals surface area contributed by atoms with Crippen LogP contribution in [0.5, 0.6) is 0 Å². The van der Waals surface area contributed by atoms with Gasteiger partial charge in [0, 0.05) is 12.8 Å². The Labute approximate surface area is 143 Å². The smallest absolute Gasteiger partial charge is 0.322 e. The molecule has 1 aromatic carbocycles. The van der Waals surface area contributed by atoms with Crippen molar-refractivity contribution in [2.24, 2.45) is 33.1 Å². The lowest BCUT2D eigenvalue weighted by molar-refractivity contribution is -0.141. The summed E-state index contributed by atoms with van der Waals surface area (Å²) in [5, 5.41) is 12.8. The number of nitrogens with two attached hydrogens (primary N) is 4. The summed E-state index contributed by atoms with van der Waals surface area (Å²) in [6, 6.07) is 4.26. The number of aliphatic carboxylic acids is 1. The number of hydrogen-bond acceptors (Lipinski definition) is 7. The number of rotatable bonds is 7. The average Bonchev–Trinajstić information content (AvgIpc) is 3.01. The number of oxime groups is 1. The number of ketones is 1. The Morgan fingerprint density at radius 1 is 1.24 bits per heavy atom. The van der Waals surface area contributed by atoms with E-state index in [0.29, 0.717) is 17.8 Å². The van der Waals surface area contributed by atoms with Crippen molar-refractivity contribution in [3.05, 3.63) is 29.8 Å². The highest BCUT2D eigenvalue weighted by Crippen LogP contribution is 2.21. The van der Waals surface area contributed by atoms with Crippen molar-refractivity contribution in [2.45, 2.75) is 31.0 Å². The van der Waals surface area contributed by atoms with Gasteiger partial charge in [-0.3, -0.25) is 9.59 Å². The molecule has 9 N–H and O–H groups in total. The largest absolute Gasteiger partial charge is 0.480 e. The number of nitrogens with zero attached hydrogens (tertiary/aromatic N) is 2. The van der Waals surface area contributed by atoms with E-state index in [2.05, 4.69) is 10.1 Å². The summed E-state index contributed by atoms with van der Waals surface area (Å²) >= 11 is 0. The van der Waals surface area contributed by atoms with Gasteiger partial charge in [0.2, 0.25) is 0 Å². The SMILES string of the molecule is NC(N)=Nc1ccc(C2=NOC(CC(=O)C(N)[C@H](N)C(=O)O)C2)cc1. The van der Waals surface area contributed by atoms with E-state index in [1.807, 2.05) is 0 Å². The highest BCUT2D eigenvalue weighted by Gasteiger charge is 2.31. The molecule has 2 unspecified atom stereocenters. The number of benzene rings is 1. The maximum atomic E-state index is 12.0. The van der Waals surface area contributed by atoms with Gasteiger partial charge < -0.3 is 32.9 Å². The van der Waals surface area contributed by atoms with Crippen LogP contribution >= 0.6 is 0 Å². The third-order valence-corrected chi connectivity index (χ3v) is 3.66. The number of carboxylic acids is 1. The number of Topliss-reactive ketones (excluding diaryl/α,β-unsaturated/α-hetero) is 1. The minimum Gasteiger partial charge on any atom is -0.480 e. The first-order chi connectivity index (χ1) is 11.8. The fraction of sp³-hybridized carbons (Fsp3) is 0.333. The highest BCUT2D eigenvalue weighted by atomic mass is 16.6. The molecular weight excluding hydrogens is 328 g/mol. The number of guanidine groups is 1. The van der Waals surface area contributed by atoms with Gasteiger partial charge >= 0.3 is 5.97 Å². The molecule has 0 radical (unpaired) electrons. The van der Waals surface area contributed by atoms with Crippen molar-refractivity contribution in [1.29, 1.82) is 0 Å².